The molecule has 7 nitrogen and oxygen atoms in total. The number of hydrogen-bond donors (Lipinski definition) is 0. The van der Waals surface area contributed by atoms with E-state index >= 15 is 0 Å². The van der Waals surface area contributed by atoms with Crippen LogP contribution in [-0.4, -0.2) is 32.8 Å². The molecule has 0 fully saturated rings. The van der Waals surface area contributed by atoms with E-state index in [0.717, 1.165) is 10.2 Å². The molecule has 0 aliphatic heterocycles. The van der Waals surface area contributed by atoms with E-state index in [4.69, 9.17) is 4.52 Å². The Morgan fingerprint density at radius 3 is 2.50 bits per heavy atom. The van der Waals surface area contributed by atoms with E-state index in [0.29, 0.717) is 23.7 Å². The highest BCUT2D eigenvalue weighted by Gasteiger charge is 2.19. The van der Waals surface area contributed by atoms with E-state index < -0.39 is 11.4 Å². The zero-order valence-electron chi connectivity index (χ0n) is 14.6. The number of amides is 1. The van der Waals surface area contributed by atoms with Gasteiger partial charge in [0.15, 0.2) is 0 Å². The van der Waals surface area contributed by atoms with Crippen LogP contribution in [0.15, 0.2) is 45.7 Å². The summed E-state index contributed by atoms with van der Waals surface area (Å²) in [5.41, 5.74) is 1.60. The van der Waals surface area contributed by atoms with Crippen molar-refractivity contribution < 1.29 is 13.7 Å². The molecule has 0 aliphatic rings. The molecule has 0 unspecified atom stereocenters. The van der Waals surface area contributed by atoms with E-state index in [1.165, 1.54) is 41.3 Å². The van der Waals surface area contributed by atoms with Crippen LogP contribution in [0.1, 0.15) is 27.5 Å². The van der Waals surface area contributed by atoms with Crippen LogP contribution < -0.4 is 5.56 Å². The number of benzene rings is 1. The van der Waals surface area contributed by atoms with Gasteiger partial charge in [0.2, 0.25) is 0 Å². The number of rotatable bonds is 4. The fourth-order valence-corrected chi connectivity index (χ4v) is 2.52. The fraction of sp³-hybridized carbons (Fsp3) is 0.222. The highest BCUT2D eigenvalue weighted by molar-refractivity contribution is 5.91. The summed E-state index contributed by atoms with van der Waals surface area (Å²) in [4.78, 5) is 26.2. The first kappa shape index (κ1) is 17.5. The molecule has 1 aromatic carbocycles. The first-order chi connectivity index (χ1) is 12.4. The first-order valence-electron chi connectivity index (χ1n) is 7.90. The summed E-state index contributed by atoms with van der Waals surface area (Å²) in [6.07, 6.45) is 0. The predicted molar refractivity (Wildman–Crippen MR) is 91.6 cm³/mol. The van der Waals surface area contributed by atoms with Crippen LogP contribution in [0, 0.1) is 19.7 Å². The van der Waals surface area contributed by atoms with E-state index in [2.05, 4.69) is 10.3 Å². The van der Waals surface area contributed by atoms with Gasteiger partial charge in [-0.15, -0.1) is 0 Å². The molecule has 3 rings (SSSR count). The van der Waals surface area contributed by atoms with Gasteiger partial charge in [0.05, 0.1) is 17.9 Å². The van der Waals surface area contributed by atoms with Crippen molar-refractivity contribution in [1.29, 1.82) is 0 Å². The van der Waals surface area contributed by atoms with Gasteiger partial charge in [-0.05, 0) is 44.2 Å². The summed E-state index contributed by atoms with van der Waals surface area (Å²) >= 11 is 0. The van der Waals surface area contributed by atoms with Gasteiger partial charge in [-0.25, -0.2) is 4.39 Å². The van der Waals surface area contributed by atoms with Crippen molar-refractivity contribution in [1.82, 2.24) is 19.8 Å². The lowest BCUT2D eigenvalue weighted by atomic mass is 10.2. The van der Waals surface area contributed by atoms with Gasteiger partial charge in [0.1, 0.15) is 17.3 Å². The van der Waals surface area contributed by atoms with Gasteiger partial charge in [-0.3, -0.25) is 9.59 Å². The van der Waals surface area contributed by atoms with Gasteiger partial charge >= 0.3 is 0 Å². The zero-order chi connectivity index (χ0) is 18.8. The lowest BCUT2D eigenvalue weighted by Crippen LogP contribution is -2.30. The lowest BCUT2D eigenvalue weighted by Gasteiger charge is -2.17. The normalized spacial score (nSPS) is 10.8. The Morgan fingerprint density at radius 1 is 1.19 bits per heavy atom. The molecule has 0 aliphatic carbocycles. The van der Waals surface area contributed by atoms with E-state index in [1.54, 1.807) is 20.9 Å². The van der Waals surface area contributed by atoms with Crippen LogP contribution in [0.3, 0.4) is 0 Å². The maximum atomic E-state index is 13.1. The minimum absolute atomic E-state index is 0.100. The second kappa shape index (κ2) is 6.91. The van der Waals surface area contributed by atoms with Crippen LogP contribution in [0.25, 0.3) is 5.69 Å². The number of halogens is 1. The van der Waals surface area contributed by atoms with Crippen molar-refractivity contribution in [3.8, 4) is 5.69 Å². The summed E-state index contributed by atoms with van der Waals surface area (Å²) in [7, 11) is 1.63. The number of aromatic nitrogens is 3. The smallest absolute Gasteiger partial charge is 0.274 e. The average molecular weight is 356 g/mol. The summed E-state index contributed by atoms with van der Waals surface area (Å²) in [6, 6.07) is 7.92. The third kappa shape index (κ3) is 3.39. The molecule has 1 amide bonds. The van der Waals surface area contributed by atoms with Gasteiger partial charge < -0.3 is 9.42 Å². The minimum Gasteiger partial charge on any atom is -0.361 e. The molecule has 0 spiro atoms. The molecule has 0 atom stereocenters. The van der Waals surface area contributed by atoms with E-state index in [1.807, 2.05) is 0 Å². The van der Waals surface area contributed by atoms with Crippen molar-refractivity contribution >= 4 is 5.91 Å². The topological polar surface area (TPSA) is 81.2 Å². The number of carbonyl (C=O) groups excluding carboxylic acids is 1. The molecule has 3 aromatic rings. The monoisotopic (exact) mass is 356 g/mol. The first-order valence-corrected chi connectivity index (χ1v) is 7.90. The Kier molecular flexibility index (Phi) is 4.66. The summed E-state index contributed by atoms with van der Waals surface area (Å²) < 4.78 is 19.3. The van der Waals surface area contributed by atoms with Gasteiger partial charge in [-0.2, -0.15) is 9.78 Å². The SMILES string of the molecule is Cc1noc(C)c1CN(C)C(=O)c1ccc(=O)n(-c2ccc(F)cc2)n1. The summed E-state index contributed by atoms with van der Waals surface area (Å²) in [5.74, 6) is -0.138. The highest BCUT2D eigenvalue weighted by Crippen LogP contribution is 2.15. The maximum Gasteiger partial charge on any atom is 0.274 e. The molecule has 0 N–H and O–H groups in total. The number of nitrogens with zero attached hydrogens (tertiary/aromatic N) is 4. The Morgan fingerprint density at radius 2 is 1.88 bits per heavy atom. The zero-order valence-corrected chi connectivity index (χ0v) is 14.6. The standard InChI is InChI=1S/C18H17FN4O3/c1-11-15(12(2)26-21-11)10-22(3)18(25)16-8-9-17(24)23(20-16)14-6-4-13(19)5-7-14/h4-9H,10H2,1-3H3. The Labute approximate surface area is 148 Å². The minimum atomic E-state index is -0.423. The largest absolute Gasteiger partial charge is 0.361 e. The molecular formula is C18H17FN4O3. The van der Waals surface area contributed by atoms with Crippen molar-refractivity contribution in [2.75, 3.05) is 7.05 Å². The molecule has 26 heavy (non-hydrogen) atoms. The fourth-order valence-electron chi connectivity index (χ4n) is 2.52. The molecule has 8 heteroatoms. The molecular weight excluding hydrogens is 339 g/mol. The third-order valence-corrected chi connectivity index (χ3v) is 4.01. The molecule has 0 saturated heterocycles. The van der Waals surface area contributed by atoms with Gasteiger partial charge in [-0.1, -0.05) is 5.16 Å². The highest BCUT2D eigenvalue weighted by atomic mass is 19.1. The lowest BCUT2D eigenvalue weighted by molar-refractivity contribution is 0.0776. The second-order valence-corrected chi connectivity index (χ2v) is 5.91. The van der Waals surface area contributed by atoms with Crippen LogP contribution in [0.5, 0.6) is 0 Å². The quantitative estimate of drug-likeness (QED) is 0.716. The molecule has 0 saturated carbocycles. The van der Waals surface area contributed by atoms with Crippen LogP contribution in [0.4, 0.5) is 4.39 Å². The van der Waals surface area contributed by atoms with Crippen molar-refractivity contribution in [3.63, 3.8) is 0 Å². The molecule has 2 heterocycles. The summed E-state index contributed by atoms with van der Waals surface area (Å²) in [6.45, 7) is 3.88. The Balaban J connectivity index is 1.89. The second-order valence-electron chi connectivity index (χ2n) is 5.91. The van der Waals surface area contributed by atoms with Crippen LogP contribution in [0.2, 0.25) is 0 Å². The number of carbonyl (C=O) groups is 1. The van der Waals surface area contributed by atoms with Crippen LogP contribution in [-0.2, 0) is 6.54 Å². The summed E-state index contributed by atoms with van der Waals surface area (Å²) in [5, 5.41) is 7.99. The van der Waals surface area contributed by atoms with Gasteiger partial charge in [0.25, 0.3) is 11.5 Å². The van der Waals surface area contributed by atoms with Gasteiger partial charge in [0, 0.05) is 18.7 Å². The average Bonchev–Trinajstić information content (AvgIpc) is 2.94. The van der Waals surface area contributed by atoms with E-state index in [9.17, 15) is 14.0 Å². The number of aryl methyl sites for hydroxylation is 2. The molecule has 134 valence electrons. The Bertz CT molecular complexity index is 989. The third-order valence-electron chi connectivity index (χ3n) is 4.01. The van der Waals surface area contributed by atoms with E-state index in [-0.39, 0.29) is 11.6 Å². The van der Waals surface area contributed by atoms with Crippen molar-refractivity contribution in [2.45, 2.75) is 20.4 Å². The maximum absolute atomic E-state index is 13.1. The van der Waals surface area contributed by atoms with Crippen molar-refractivity contribution in [3.05, 3.63) is 75.3 Å². The number of hydrogen-bond acceptors (Lipinski definition) is 5. The Hall–Kier alpha value is -3.29. The predicted octanol–water partition coefficient (Wildman–Crippen LogP) is 2.25. The van der Waals surface area contributed by atoms with Crippen molar-refractivity contribution in [2.24, 2.45) is 0 Å². The van der Waals surface area contributed by atoms with Crippen LogP contribution >= 0.6 is 0 Å². The molecule has 2 aromatic heterocycles. The molecule has 0 radical (unpaired) electrons. The molecule has 0 bridgehead atoms.